The number of carboxylic acid groups (broad SMARTS) is 1. The molecule has 0 atom stereocenters. The first-order valence-corrected chi connectivity index (χ1v) is 12.1. The SMILES string of the molecule is CCCN1CCN(c2nccc(-c3nccc(C#Cc4ccc5[nH]ncc5c4)n3)n2)CC1.O=C(O)C(F)(F)F. The Balaban J connectivity index is 0.000000448. The van der Waals surface area contributed by atoms with Crippen LogP contribution >= 0.6 is 0 Å². The number of nitrogens with one attached hydrogen (secondary N) is 1. The minimum Gasteiger partial charge on any atom is -0.475 e. The molecule has 0 saturated carbocycles. The Labute approximate surface area is 221 Å². The van der Waals surface area contributed by atoms with E-state index in [2.05, 4.69) is 53.7 Å². The normalized spacial score (nSPS) is 13.8. The third kappa shape index (κ3) is 7.48. The number of aliphatic carboxylic acids is 1. The zero-order valence-corrected chi connectivity index (χ0v) is 21.0. The summed E-state index contributed by atoms with van der Waals surface area (Å²) in [7, 11) is 0. The van der Waals surface area contributed by atoms with Gasteiger partial charge in [-0.25, -0.2) is 24.7 Å². The van der Waals surface area contributed by atoms with Crippen LogP contribution in [0.3, 0.4) is 0 Å². The van der Waals surface area contributed by atoms with E-state index in [0.29, 0.717) is 17.2 Å². The largest absolute Gasteiger partial charge is 0.490 e. The highest BCUT2D eigenvalue weighted by Gasteiger charge is 2.38. The molecular weight excluding hydrogens is 513 g/mol. The van der Waals surface area contributed by atoms with Gasteiger partial charge in [-0.1, -0.05) is 12.8 Å². The van der Waals surface area contributed by atoms with Gasteiger partial charge in [-0.2, -0.15) is 18.3 Å². The number of hydrogen-bond donors (Lipinski definition) is 2. The van der Waals surface area contributed by atoms with Crippen LogP contribution in [0.1, 0.15) is 24.6 Å². The Bertz CT molecular complexity index is 1490. The molecule has 202 valence electrons. The smallest absolute Gasteiger partial charge is 0.475 e. The van der Waals surface area contributed by atoms with Gasteiger partial charge >= 0.3 is 12.1 Å². The van der Waals surface area contributed by atoms with Crippen molar-refractivity contribution in [2.75, 3.05) is 37.6 Å². The fourth-order valence-electron chi connectivity index (χ4n) is 3.82. The number of aromatic amines is 1. The maximum atomic E-state index is 10.6. The van der Waals surface area contributed by atoms with Gasteiger partial charge in [-0.05, 0) is 49.2 Å². The van der Waals surface area contributed by atoms with Crippen LogP contribution < -0.4 is 4.90 Å². The van der Waals surface area contributed by atoms with E-state index < -0.39 is 12.1 Å². The van der Waals surface area contributed by atoms with Gasteiger partial charge in [0.15, 0.2) is 5.82 Å². The first-order chi connectivity index (χ1) is 18.7. The summed E-state index contributed by atoms with van der Waals surface area (Å²) in [5, 5.41) is 15.1. The minimum absolute atomic E-state index is 0.551. The molecule has 4 heterocycles. The third-order valence-electron chi connectivity index (χ3n) is 5.74. The van der Waals surface area contributed by atoms with Crippen molar-refractivity contribution in [2.24, 2.45) is 0 Å². The van der Waals surface area contributed by atoms with Crippen molar-refractivity contribution in [3.8, 4) is 23.4 Å². The summed E-state index contributed by atoms with van der Waals surface area (Å²) in [4.78, 5) is 31.9. The second kappa shape index (κ2) is 12.3. The topological polar surface area (TPSA) is 124 Å². The number of hydrogen-bond acceptors (Lipinski definition) is 8. The molecule has 0 amide bonds. The number of nitrogens with zero attached hydrogens (tertiary/aromatic N) is 7. The fraction of sp³-hybridized carbons (Fsp3) is 0.308. The maximum Gasteiger partial charge on any atom is 0.490 e. The van der Waals surface area contributed by atoms with E-state index in [0.717, 1.165) is 55.1 Å². The zero-order chi connectivity index (χ0) is 27.8. The van der Waals surface area contributed by atoms with E-state index in [-0.39, 0.29) is 0 Å². The average molecular weight is 539 g/mol. The highest BCUT2D eigenvalue weighted by molar-refractivity contribution is 5.79. The minimum atomic E-state index is -5.08. The molecule has 39 heavy (non-hydrogen) atoms. The van der Waals surface area contributed by atoms with Crippen molar-refractivity contribution in [3.63, 3.8) is 0 Å². The number of halogens is 3. The predicted molar refractivity (Wildman–Crippen MR) is 138 cm³/mol. The van der Waals surface area contributed by atoms with E-state index in [9.17, 15) is 13.2 Å². The first-order valence-electron chi connectivity index (χ1n) is 12.1. The van der Waals surface area contributed by atoms with Gasteiger partial charge in [0.1, 0.15) is 11.4 Å². The number of benzene rings is 1. The Hall–Kier alpha value is -4.57. The fourth-order valence-corrected chi connectivity index (χ4v) is 3.82. The van der Waals surface area contributed by atoms with E-state index in [1.165, 1.54) is 6.42 Å². The number of piperazine rings is 1. The molecule has 0 unspecified atom stereocenters. The maximum absolute atomic E-state index is 10.6. The summed E-state index contributed by atoms with van der Waals surface area (Å²) >= 11 is 0. The lowest BCUT2D eigenvalue weighted by molar-refractivity contribution is -0.192. The lowest BCUT2D eigenvalue weighted by atomic mass is 10.1. The van der Waals surface area contributed by atoms with Crippen LogP contribution in [0, 0.1) is 11.8 Å². The van der Waals surface area contributed by atoms with Gasteiger partial charge in [0.05, 0.1) is 11.7 Å². The second-order valence-corrected chi connectivity index (χ2v) is 8.56. The molecule has 10 nitrogen and oxygen atoms in total. The number of carboxylic acids is 1. The molecule has 1 aliphatic heterocycles. The summed E-state index contributed by atoms with van der Waals surface area (Å²) in [5.74, 6) is 4.83. The predicted octanol–water partition coefficient (Wildman–Crippen LogP) is 3.38. The summed E-state index contributed by atoms with van der Waals surface area (Å²) in [6.07, 6.45) is 1.38. The molecule has 13 heteroatoms. The Morgan fingerprint density at radius 2 is 1.79 bits per heavy atom. The number of aromatic nitrogens is 6. The molecular formula is C26H25F3N8O2. The van der Waals surface area contributed by atoms with Crippen LogP contribution in [-0.4, -0.2) is 85.0 Å². The summed E-state index contributed by atoms with van der Waals surface area (Å²) in [6, 6.07) is 9.60. The number of anilines is 1. The molecule has 2 N–H and O–H groups in total. The summed E-state index contributed by atoms with van der Waals surface area (Å²) < 4.78 is 31.7. The molecule has 1 saturated heterocycles. The lowest BCUT2D eigenvalue weighted by Crippen LogP contribution is -2.47. The molecule has 0 radical (unpaired) electrons. The van der Waals surface area contributed by atoms with Gasteiger partial charge in [-0.3, -0.25) is 10.00 Å². The highest BCUT2D eigenvalue weighted by Crippen LogP contribution is 2.17. The number of rotatable bonds is 4. The van der Waals surface area contributed by atoms with Crippen LogP contribution in [0.4, 0.5) is 19.1 Å². The Morgan fingerprint density at radius 3 is 2.51 bits per heavy atom. The van der Waals surface area contributed by atoms with Crippen molar-refractivity contribution < 1.29 is 23.1 Å². The van der Waals surface area contributed by atoms with Crippen LogP contribution in [0.15, 0.2) is 48.9 Å². The Morgan fingerprint density at radius 1 is 1.05 bits per heavy atom. The molecule has 3 aromatic heterocycles. The van der Waals surface area contributed by atoms with Crippen molar-refractivity contribution >= 4 is 22.8 Å². The van der Waals surface area contributed by atoms with Gasteiger partial charge < -0.3 is 10.0 Å². The van der Waals surface area contributed by atoms with Gasteiger partial charge in [0, 0.05) is 49.5 Å². The molecule has 4 aromatic rings. The average Bonchev–Trinajstić information content (AvgIpc) is 3.41. The molecule has 0 aliphatic carbocycles. The standard InChI is InChI=1S/C24H24N8.C2HF3O2/c1-2-11-31-12-14-32(15-13-31)24-26-10-8-22(29-24)23-25-9-7-20(28-23)5-3-18-4-6-21-19(16-18)17-27-30-21;3-2(4,5)1(6)7/h4,6-10,16-17H,2,11-15H2,1H3,(H,27,30);(H,6,7). The first kappa shape index (κ1) is 27.5. The monoisotopic (exact) mass is 538 g/mol. The molecule has 0 spiro atoms. The summed E-state index contributed by atoms with van der Waals surface area (Å²) in [6.45, 7) is 7.29. The van der Waals surface area contributed by atoms with Gasteiger partial charge in [0.2, 0.25) is 5.95 Å². The van der Waals surface area contributed by atoms with Gasteiger partial charge in [0.25, 0.3) is 0 Å². The van der Waals surface area contributed by atoms with E-state index >= 15 is 0 Å². The van der Waals surface area contributed by atoms with Crippen molar-refractivity contribution in [3.05, 3.63) is 60.2 Å². The number of fused-ring (bicyclic) bond motifs is 1. The molecule has 5 rings (SSSR count). The van der Waals surface area contributed by atoms with E-state index in [4.69, 9.17) is 14.9 Å². The van der Waals surface area contributed by atoms with Crippen molar-refractivity contribution in [1.82, 2.24) is 35.0 Å². The van der Waals surface area contributed by atoms with Crippen molar-refractivity contribution in [2.45, 2.75) is 19.5 Å². The molecule has 0 bridgehead atoms. The molecule has 1 aliphatic rings. The van der Waals surface area contributed by atoms with Gasteiger partial charge in [-0.15, -0.1) is 0 Å². The third-order valence-corrected chi connectivity index (χ3v) is 5.74. The Kier molecular flexibility index (Phi) is 8.67. The number of carbonyl (C=O) groups is 1. The van der Waals surface area contributed by atoms with E-state index in [1.54, 1.807) is 18.6 Å². The summed E-state index contributed by atoms with van der Waals surface area (Å²) in [5.41, 5.74) is 3.25. The van der Waals surface area contributed by atoms with Crippen LogP contribution in [0.5, 0.6) is 0 Å². The van der Waals surface area contributed by atoms with Crippen LogP contribution in [0.2, 0.25) is 0 Å². The second-order valence-electron chi connectivity index (χ2n) is 8.56. The van der Waals surface area contributed by atoms with Crippen LogP contribution in [0.25, 0.3) is 22.4 Å². The van der Waals surface area contributed by atoms with E-state index in [1.807, 2.05) is 30.3 Å². The quantitative estimate of drug-likeness (QED) is 0.376. The zero-order valence-electron chi connectivity index (χ0n) is 21.0. The highest BCUT2D eigenvalue weighted by atomic mass is 19.4. The molecule has 1 aromatic carbocycles. The molecule has 1 fully saturated rings. The van der Waals surface area contributed by atoms with Crippen molar-refractivity contribution in [1.29, 1.82) is 0 Å². The van der Waals surface area contributed by atoms with Crippen LogP contribution in [-0.2, 0) is 4.79 Å². The lowest BCUT2D eigenvalue weighted by Gasteiger charge is -2.34. The number of H-pyrrole nitrogens is 1. The number of alkyl halides is 3.